The summed E-state index contributed by atoms with van der Waals surface area (Å²) < 4.78 is 5.02. The van der Waals surface area contributed by atoms with E-state index in [2.05, 4.69) is 22.5 Å². The molecule has 2 aliphatic heterocycles. The van der Waals surface area contributed by atoms with Gasteiger partial charge in [0.1, 0.15) is 0 Å². The topological polar surface area (TPSA) is 53.6 Å². The molecular weight excluding hydrogens is 218 g/mol. The van der Waals surface area contributed by atoms with Gasteiger partial charge in [0.05, 0.1) is 18.7 Å². The van der Waals surface area contributed by atoms with Crippen molar-refractivity contribution in [1.82, 2.24) is 15.5 Å². The third-order valence-corrected chi connectivity index (χ3v) is 3.58. The van der Waals surface area contributed by atoms with Crippen LogP contribution in [0.5, 0.6) is 0 Å². The van der Waals surface area contributed by atoms with Crippen molar-refractivity contribution in [3.63, 3.8) is 0 Å². The lowest BCUT2D eigenvalue weighted by Gasteiger charge is -2.39. The molecule has 0 aliphatic carbocycles. The maximum atomic E-state index is 11.9. The molecule has 2 heterocycles. The molecule has 98 valence electrons. The van der Waals surface area contributed by atoms with E-state index in [0.29, 0.717) is 12.0 Å². The summed E-state index contributed by atoms with van der Waals surface area (Å²) in [5.74, 6) is 0.788. The molecule has 2 saturated heterocycles. The van der Waals surface area contributed by atoms with Crippen molar-refractivity contribution in [2.75, 3.05) is 39.9 Å². The van der Waals surface area contributed by atoms with Crippen LogP contribution in [-0.2, 0) is 9.53 Å². The molecular formula is C12H23N3O2. The summed E-state index contributed by atoms with van der Waals surface area (Å²) in [6.07, 6.45) is 0.964. The van der Waals surface area contributed by atoms with E-state index in [1.165, 1.54) is 0 Å². The average Bonchev–Trinajstić information content (AvgIpc) is 2.68. The Balaban J connectivity index is 1.61. The van der Waals surface area contributed by atoms with Crippen LogP contribution in [0.2, 0.25) is 0 Å². The van der Waals surface area contributed by atoms with Crippen molar-refractivity contribution >= 4 is 5.91 Å². The van der Waals surface area contributed by atoms with Crippen LogP contribution in [-0.4, -0.2) is 62.8 Å². The molecule has 0 radical (unpaired) electrons. The molecule has 0 aromatic heterocycles. The minimum Gasteiger partial charge on any atom is -0.383 e. The molecule has 0 spiro atoms. The number of hydrogen-bond donors (Lipinski definition) is 2. The lowest BCUT2D eigenvalue weighted by Crippen LogP contribution is -2.61. The smallest absolute Gasteiger partial charge is 0.237 e. The van der Waals surface area contributed by atoms with Crippen LogP contribution in [0.15, 0.2) is 0 Å². The third-order valence-electron chi connectivity index (χ3n) is 3.58. The molecule has 0 aromatic carbocycles. The van der Waals surface area contributed by atoms with E-state index in [-0.39, 0.29) is 11.9 Å². The lowest BCUT2D eigenvalue weighted by atomic mass is 10.1. The fraction of sp³-hybridized carbons (Fsp3) is 0.917. The first kappa shape index (κ1) is 12.8. The number of nitrogens with zero attached hydrogens (tertiary/aromatic N) is 1. The molecule has 17 heavy (non-hydrogen) atoms. The molecule has 2 N–H and O–H groups in total. The summed E-state index contributed by atoms with van der Waals surface area (Å²) in [5, 5.41) is 6.36. The molecule has 0 saturated carbocycles. The Morgan fingerprint density at radius 1 is 1.53 bits per heavy atom. The summed E-state index contributed by atoms with van der Waals surface area (Å²) in [6, 6.07) is 0.357. The Labute approximate surface area is 103 Å². The van der Waals surface area contributed by atoms with Crippen LogP contribution < -0.4 is 10.6 Å². The van der Waals surface area contributed by atoms with Crippen molar-refractivity contribution in [2.45, 2.75) is 25.4 Å². The summed E-state index contributed by atoms with van der Waals surface area (Å²) in [6.45, 7) is 6.78. The molecule has 0 aromatic rings. The van der Waals surface area contributed by atoms with Crippen LogP contribution in [0.3, 0.4) is 0 Å². The summed E-state index contributed by atoms with van der Waals surface area (Å²) in [4.78, 5) is 14.2. The largest absolute Gasteiger partial charge is 0.383 e. The van der Waals surface area contributed by atoms with E-state index in [1.807, 2.05) is 0 Å². The molecule has 2 rings (SSSR count). The van der Waals surface area contributed by atoms with Gasteiger partial charge >= 0.3 is 0 Å². The highest BCUT2D eigenvalue weighted by Crippen LogP contribution is 2.14. The normalized spacial score (nSPS) is 30.2. The van der Waals surface area contributed by atoms with Crippen LogP contribution in [0.4, 0.5) is 0 Å². The Morgan fingerprint density at radius 2 is 2.29 bits per heavy atom. The number of carbonyl (C=O) groups excluding carboxylic acids is 1. The Bertz CT molecular complexity index is 266. The second-order valence-electron chi connectivity index (χ2n) is 5.26. The van der Waals surface area contributed by atoms with Gasteiger partial charge in [0.2, 0.25) is 5.91 Å². The van der Waals surface area contributed by atoms with Gasteiger partial charge in [-0.3, -0.25) is 9.69 Å². The van der Waals surface area contributed by atoms with Crippen molar-refractivity contribution in [2.24, 2.45) is 5.92 Å². The molecule has 5 nitrogen and oxygen atoms in total. The van der Waals surface area contributed by atoms with Crippen LogP contribution in [0.25, 0.3) is 0 Å². The van der Waals surface area contributed by atoms with Crippen molar-refractivity contribution in [1.29, 1.82) is 0 Å². The Kier molecular flexibility index (Phi) is 4.36. The molecule has 1 unspecified atom stereocenters. The summed E-state index contributed by atoms with van der Waals surface area (Å²) in [5.41, 5.74) is 0. The van der Waals surface area contributed by atoms with E-state index < -0.39 is 0 Å². The SMILES string of the molecule is COCCN1CC(NC(=O)[C@@H]2CC(C)CN2)C1. The van der Waals surface area contributed by atoms with Crippen molar-refractivity contribution in [3.8, 4) is 0 Å². The fourth-order valence-electron chi connectivity index (χ4n) is 2.48. The predicted octanol–water partition coefficient (Wildman–Crippen LogP) is -0.569. The Morgan fingerprint density at radius 3 is 2.88 bits per heavy atom. The zero-order valence-corrected chi connectivity index (χ0v) is 10.7. The number of carbonyl (C=O) groups is 1. The zero-order valence-electron chi connectivity index (χ0n) is 10.7. The van der Waals surface area contributed by atoms with Gasteiger partial charge in [-0.15, -0.1) is 0 Å². The number of nitrogens with one attached hydrogen (secondary N) is 2. The van der Waals surface area contributed by atoms with Crippen molar-refractivity contribution in [3.05, 3.63) is 0 Å². The molecule has 5 heteroatoms. The first-order valence-corrected chi connectivity index (χ1v) is 6.44. The summed E-state index contributed by atoms with van der Waals surface area (Å²) >= 11 is 0. The van der Waals surface area contributed by atoms with E-state index in [0.717, 1.165) is 39.2 Å². The van der Waals surface area contributed by atoms with Gasteiger partial charge in [-0.2, -0.15) is 0 Å². The van der Waals surface area contributed by atoms with Gasteiger partial charge in [-0.05, 0) is 18.9 Å². The van der Waals surface area contributed by atoms with Gasteiger partial charge < -0.3 is 15.4 Å². The molecule has 1 amide bonds. The first-order chi connectivity index (χ1) is 8.19. The third kappa shape index (κ3) is 3.40. The van der Waals surface area contributed by atoms with E-state index in [4.69, 9.17) is 4.74 Å². The predicted molar refractivity (Wildman–Crippen MR) is 65.8 cm³/mol. The molecule has 2 aliphatic rings. The number of methoxy groups -OCH3 is 1. The quantitative estimate of drug-likeness (QED) is 0.677. The highest BCUT2D eigenvalue weighted by atomic mass is 16.5. The number of amides is 1. The van der Waals surface area contributed by atoms with Gasteiger partial charge in [0.25, 0.3) is 0 Å². The standard InChI is InChI=1S/C12H23N3O2/c1-9-5-11(13-6-9)12(16)14-10-7-15(8-10)3-4-17-2/h9-11,13H,3-8H2,1-2H3,(H,14,16)/t9?,11-/m0/s1. The van der Waals surface area contributed by atoms with Gasteiger partial charge in [0.15, 0.2) is 0 Å². The van der Waals surface area contributed by atoms with Crippen molar-refractivity contribution < 1.29 is 9.53 Å². The van der Waals surface area contributed by atoms with Gasteiger partial charge in [-0.25, -0.2) is 0 Å². The number of ether oxygens (including phenoxy) is 1. The zero-order chi connectivity index (χ0) is 12.3. The first-order valence-electron chi connectivity index (χ1n) is 6.44. The van der Waals surface area contributed by atoms with Crippen LogP contribution in [0, 0.1) is 5.92 Å². The van der Waals surface area contributed by atoms with E-state index >= 15 is 0 Å². The number of hydrogen-bond acceptors (Lipinski definition) is 4. The summed E-state index contributed by atoms with van der Waals surface area (Å²) in [7, 11) is 1.71. The molecule has 2 fully saturated rings. The fourth-order valence-corrected chi connectivity index (χ4v) is 2.48. The van der Waals surface area contributed by atoms with Gasteiger partial charge in [-0.1, -0.05) is 6.92 Å². The minimum absolute atomic E-state index is 0.0259. The van der Waals surface area contributed by atoms with Crippen LogP contribution in [0.1, 0.15) is 13.3 Å². The molecule has 2 atom stereocenters. The van der Waals surface area contributed by atoms with E-state index in [9.17, 15) is 4.79 Å². The lowest BCUT2D eigenvalue weighted by molar-refractivity contribution is -0.124. The monoisotopic (exact) mass is 241 g/mol. The highest BCUT2D eigenvalue weighted by molar-refractivity contribution is 5.82. The van der Waals surface area contributed by atoms with Crippen LogP contribution >= 0.6 is 0 Å². The highest BCUT2D eigenvalue weighted by Gasteiger charge is 2.32. The maximum Gasteiger partial charge on any atom is 0.237 e. The average molecular weight is 241 g/mol. The maximum absolute atomic E-state index is 11.9. The second kappa shape index (κ2) is 5.80. The Hall–Kier alpha value is -0.650. The van der Waals surface area contributed by atoms with E-state index in [1.54, 1.807) is 7.11 Å². The number of likely N-dealkylation sites (tertiary alicyclic amines) is 1. The minimum atomic E-state index is 0.0259. The second-order valence-corrected chi connectivity index (χ2v) is 5.26. The number of rotatable bonds is 5. The molecule has 0 bridgehead atoms. The van der Waals surface area contributed by atoms with Gasteiger partial charge in [0, 0.05) is 26.7 Å².